The van der Waals surface area contributed by atoms with Gasteiger partial charge in [0.1, 0.15) is 83.2 Å². The van der Waals surface area contributed by atoms with E-state index in [4.69, 9.17) is 63.3 Å². The topological polar surface area (TPSA) is 435 Å². The Balaban J connectivity index is 0.000000199. The Labute approximate surface area is 862 Å². The van der Waals surface area contributed by atoms with Gasteiger partial charge in [0, 0.05) is 62.8 Å². The molecular formula is C109H109I3N7O24-. The molecule has 1 amide bonds. The average molecular weight is 2280 g/mol. The molecule has 7 atom stereocenters. The summed E-state index contributed by atoms with van der Waals surface area (Å²) in [6.45, 7) is 0.382. The van der Waals surface area contributed by atoms with Gasteiger partial charge in [-0.25, -0.2) is 9.59 Å². The molecular weight excluding hydrogens is 2170 g/mol. The second kappa shape index (κ2) is 53.2. The van der Waals surface area contributed by atoms with Gasteiger partial charge < -0.3 is 73.7 Å². The zero-order chi connectivity index (χ0) is 101. The summed E-state index contributed by atoms with van der Waals surface area (Å²) in [5.74, 6) is 10.7. The van der Waals surface area contributed by atoms with Crippen LogP contribution in [0.15, 0.2) is 286 Å². The summed E-state index contributed by atoms with van der Waals surface area (Å²) in [5.41, 5.74) is 14.7. The predicted octanol–water partition coefficient (Wildman–Crippen LogP) is 10.3. The molecule has 10 aromatic carbocycles. The molecule has 2 saturated heterocycles. The Morgan fingerprint density at radius 1 is 0.476 bits per heavy atom. The molecule has 2 aromatic heterocycles. The number of H-pyrrole nitrogens is 2. The molecule has 746 valence electrons. The molecule has 31 nitrogen and oxygen atoms in total. The number of nitrogens with zero attached hydrogens (tertiary/aromatic N) is 2. The minimum atomic E-state index is -1.17. The number of hydrogen-bond donors (Lipinski definition) is 9. The predicted molar refractivity (Wildman–Crippen MR) is 548 cm³/mol. The van der Waals surface area contributed by atoms with Crippen LogP contribution in [0.5, 0.6) is 23.0 Å². The summed E-state index contributed by atoms with van der Waals surface area (Å²) in [6.07, 6.45) is -0.602. The van der Waals surface area contributed by atoms with Crippen LogP contribution in [-0.2, 0) is 68.4 Å². The first kappa shape index (κ1) is 109. The van der Waals surface area contributed by atoms with Gasteiger partial charge in [0.05, 0.1) is 67.0 Å². The van der Waals surface area contributed by atoms with Gasteiger partial charge in [0.15, 0.2) is 0 Å². The third kappa shape index (κ3) is 27.6. The van der Waals surface area contributed by atoms with Crippen molar-refractivity contribution in [3.63, 3.8) is 0 Å². The van der Waals surface area contributed by atoms with E-state index in [-0.39, 0.29) is 173 Å². The summed E-state index contributed by atoms with van der Waals surface area (Å²) in [7, 11) is 6.41. The number of aliphatic hydroxyl groups excluding tert-OH is 2. The number of aromatic nitrogens is 4. The molecule has 4 aliphatic rings. The van der Waals surface area contributed by atoms with Crippen molar-refractivity contribution >= 4 is 78.7 Å². The summed E-state index contributed by atoms with van der Waals surface area (Å²) in [5, 5.41) is 41.9. The molecule has 143 heavy (non-hydrogen) atoms. The molecule has 2 aliphatic carbocycles. The Bertz CT molecular complexity index is 6540. The maximum atomic E-state index is 13.1. The van der Waals surface area contributed by atoms with E-state index in [1.165, 1.54) is 43.8 Å². The molecule has 2 unspecified atom stereocenters. The van der Waals surface area contributed by atoms with Gasteiger partial charge in [-0.2, -0.15) is 0 Å². The van der Waals surface area contributed by atoms with Crippen molar-refractivity contribution in [2.45, 2.75) is 130 Å². The van der Waals surface area contributed by atoms with Gasteiger partial charge in [0.25, 0.3) is 11.1 Å². The fraction of sp³-hybridized carbons (Fsp3) is 0.284. The van der Waals surface area contributed by atoms with Gasteiger partial charge in [-0.15, -0.1) is 24.0 Å². The van der Waals surface area contributed by atoms with Gasteiger partial charge in [-0.05, 0) is 139 Å². The molecule has 16 rings (SSSR count). The monoisotopic (exact) mass is 2280 g/mol. The number of halogens is 3. The van der Waals surface area contributed by atoms with Crippen molar-refractivity contribution in [1.29, 1.82) is 0 Å². The van der Waals surface area contributed by atoms with Crippen molar-refractivity contribution in [3.8, 4) is 68.9 Å². The first-order valence-electron chi connectivity index (χ1n) is 45.8. The van der Waals surface area contributed by atoms with E-state index in [2.05, 4.69) is 110 Å². The number of aliphatic carboxylic acids is 2. The van der Waals surface area contributed by atoms with Crippen LogP contribution in [0, 0.1) is 23.7 Å². The second-order valence-electron chi connectivity index (χ2n) is 33.3. The van der Waals surface area contributed by atoms with E-state index >= 15 is 0 Å². The van der Waals surface area contributed by atoms with Crippen molar-refractivity contribution in [1.82, 2.24) is 27.9 Å². The van der Waals surface area contributed by atoms with Crippen molar-refractivity contribution < 1.29 is 114 Å². The number of nitrogens with two attached hydrogens (primary N) is 1. The van der Waals surface area contributed by atoms with E-state index in [1.54, 1.807) is 28.4 Å². The summed E-state index contributed by atoms with van der Waals surface area (Å²) < 4.78 is 64.3. The molecule has 12 aromatic rings. The standard InChI is InChI=1S/C52H49N3O10.C33H33N3O7.C19H18O4.C5H8I2NO3.HI/c1-61-38-25-21-36(22-26-38)52(35-13-4-3-5-14-35,37-23-27-39(62-2)28-24-37)64-33-46-45(56)30-48(65-46)55-31-34(50(59)54-51(55)60)12-11-29-53-47(57)19-10-20-49(58)63-32-44-42-17-8-6-15-40(42)41-16-7-9-18-43(41)44;1-40-26-14-10-24(11-15-26)33(23-8-4-3-5-9-23,25-12-16-27(41-2)17-13-25)42-21-29-28(37)19-30(43-29)36-20-22(7-6-18-34)31(38)35-32(36)39;20-18(21)10-5-11-19(22)23-12-17-15-8-3-1-6-13(15)14-7-2-4-9-16(14)17;6-7-8-4(3-9)1-2-5(10)11;/h3-9,13-18,21-28,31,44-46,48,56H,10,19-20,29-30,32-33H2,1-2H3,(H,53,57)(H,54,59,60);3-5,8-17,20,28-30,37H,18-19,21,34H2,1-2H3,(H,35,38,39);1-4,6-9,17H,5,10-12H2,(H,20,21);3-4,8H,1-2H2,(H,10,11);1H/q;;;-1;/t45?,46-,48-;28?,29-,30-;;4-;/m11.0./s1. The van der Waals surface area contributed by atoms with Crippen LogP contribution in [0.25, 0.3) is 22.3 Å². The van der Waals surface area contributed by atoms with Gasteiger partial charge in [0.2, 0.25) is 5.91 Å². The number of rotatable bonds is 37. The number of methoxy groups -OCH3 is 4. The maximum absolute atomic E-state index is 13.1. The van der Waals surface area contributed by atoms with Crippen molar-refractivity contribution in [3.05, 3.63) is 376 Å². The van der Waals surface area contributed by atoms with Crippen LogP contribution in [0.1, 0.15) is 155 Å². The third-order valence-corrected chi connectivity index (χ3v) is 27.1. The molecule has 0 spiro atoms. The van der Waals surface area contributed by atoms with Crippen LogP contribution < -0.4 is 73.5 Å². The van der Waals surface area contributed by atoms with E-state index in [0.29, 0.717) is 42.4 Å². The molecule has 34 heteroatoms. The van der Waals surface area contributed by atoms with E-state index in [1.807, 2.05) is 206 Å². The van der Waals surface area contributed by atoms with Crippen LogP contribution in [0.4, 0.5) is 0 Å². The van der Waals surface area contributed by atoms with Crippen LogP contribution in [0.2, 0.25) is 0 Å². The first-order valence-corrected chi connectivity index (χ1v) is 53.2. The van der Waals surface area contributed by atoms with E-state index in [0.717, 1.165) is 61.9 Å². The Morgan fingerprint density at radius 3 is 1.15 bits per heavy atom. The summed E-state index contributed by atoms with van der Waals surface area (Å²) in [4.78, 5) is 123. The number of aldehydes is 1. The van der Waals surface area contributed by atoms with E-state index in [9.17, 15) is 58.2 Å². The number of benzene rings is 10. The average Bonchev–Trinajstić information content (AvgIpc) is 1.27. The normalized spacial score (nSPS) is 15.9. The van der Waals surface area contributed by atoms with E-state index < -0.39 is 82.5 Å². The number of carbonyl (C=O) groups excluding carboxylic acids is 4. The second-order valence-corrected chi connectivity index (χ2v) is 37.0. The molecule has 4 heterocycles. The number of carboxylic acid groups (broad SMARTS) is 2. The summed E-state index contributed by atoms with van der Waals surface area (Å²) >= 11 is 2.00. The number of hydrogen-bond acceptors (Lipinski definition) is 24. The SMILES string of the molecule is COc1ccc(C(OC[C@H]2O[C@@H](n3cc(C#CCN)c(=O)[nH]c3=O)CC2O)(c2ccccc2)c2ccc(OC)cc2)cc1.COc1ccc(C(OC[C@H]2O[C@@H](n3cc(C#CCNC(=O)CCCC(=O)OCC4c5ccccc5-c5ccccc54)c(=O)[nH]c3=O)CC2O)(c2ccccc2)c2ccc(OC)cc2)cc1.I.O=C(O)CCCC(=O)OCC1c2ccccc2-c2ccccc21.O=C[C@H](CCC(=O)O)N[I-]I. The molecule has 2 aliphatic heterocycles. The van der Waals surface area contributed by atoms with Crippen LogP contribution in [0.3, 0.4) is 0 Å². The number of nitrogens with one attached hydrogen (secondary N) is 4. The fourth-order valence-corrected chi connectivity index (χ4v) is 20.2. The number of carboxylic acids is 2. The number of ether oxygens (including phenoxy) is 10. The number of fused-ring (bicyclic) bond motifs is 6. The quantitative estimate of drug-likeness (QED) is 0.00436. The van der Waals surface area contributed by atoms with Gasteiger partial charge in [-0.3, -0.25) is 47.9 Å². The fourth-order valence-electron chi connectivity index (χ4n) is 17.4. The summed E-state index contributed by atoms with van der Waals surface area (Å²) in [6, 6.07) is 82.1. The van der Waals surface area contributed by atoms with Crippen LogP contribution >= 0.6 is 42.6 Å². The number of aromatic amines is 2. The molecule has 2 fully saturated rings. The van der Waals surface area contributed by atoms with Crippen molar-refractivity contribution in [2.75, 3.05) is 68.0 Å². The minimum absolute atomic E-state index is 0. The molecule has 0 bridgehead atoms. The van der Waals surface area contributed by atoms with Gasteiger partial charge in [-0.1, -0.05) is 230 Å². The zero-order valence-electron chi connectivity index (χ0n) is 78.6. The first-order chi connectivity index (χ1) is 68.9. The Hall–Kier alpha value is -13.2. The number of esters is 2. The Kier molecular flexibility index (Phi) is 40.4. The molecule has 0 saturated carbocycles. The zero-order valence-corrected chi connectivity index (χ0v) is 85.2. The van der Waals surface area contributed by atoms with Gasteiger partial charge >= 0.3 is 115 Å². The number of aliphatic hydroxyl groups is 2. The Morgan fingerprint density at radius 2 is 0.811 bits per heavy atom. The number of amides is 1. The van der Waals surface area contributed by atoms with Crippen molar-refractivity contribution in [2.24, 2.45) is 5.73 Å². The molecule has 10 N–H and O–H groups in total. The number of carbonyl (C=O) groups is 6. The third-order valence-electron chi connectivity index (χ3n) is 24.5. The molecule has 0 radical (unpaired) electrons. The van der Waals surface area contributed by atoms with Crippen LogP contribution in [-0.4, -0.2) is 174 Å².